The summed E-state index contributed by atoms with van der Waals surface area (Å²) in [5.74, 6) is 2.49. The molecule has 0 N–H and O–H groups in total. The van der Waals surface area contributed by atoms with Crippen molar-refractivity contribution in [2.75, 3.05) is 9.80 Å². The van der Waals surface area contributed by atoms with E-state index in [0.717, 1.165) is 73.4 Å². The quantitative estimate of drug-likeness (QED) is 0.181. The van der Waals surface area contributed by atoms with Crippen LogP contribution in [0.1, 0.15) is 101 Å². The summed E-state index contributed by atoms with van der Waals surface area (Å²) >= 11 is 0. The summed E-state index contributed by atoms with van der Waals surface area (Å²) in [6.07, 6.45) is 33.7. The van der Waals surface area contributed by atoms with Crippen LogP contribution in [-0.2, 0) is 5.41 Å². The molecule has 2 aliphatic heterocycles. The van der Waals surface area contributed by atoms with E-state index < -0.39 is 0 Å². The van der Waals surface area contributed by atoms with Gasteiger partial charge in [-0.2, -0.15) is 0 Å². The molecule has 12 rings (SSSR count). The number of allylic oxidation sites excluding steroid dienone is 11. The zero-order valence-electron chi connectivity index (χ0n) is 37.0. The van der Waals surface area contributed by atoms with Crippen LogP contribution in [0.3, 0.4) is 0 Å². The largest absolute Gasteiger partial charge is 0.489 e. The molecule has 4 nitrogen and oxygen atoms in total. The molecule has 0 fully saturated rings. The number of hydrogen-bond acceptors (Lipinski definition) is 4. The maximum absolute atomic E-state index is 6.63. The monoisotopic (exact) mass is 824 g/mol. The number of anilines is 3. The fourth-order valence-electron chi connectivity index (χ4n) is 12.6. The van der Waals surface area contributed by atoms with E-state index in [0.29, 0.717) is 5.92 Å². The van der Waals surface area contributed by atoms with E-state index in [-0.39, 0.29) is 29.1 Å². The summed E-state index contributed by atoms with van der Waals surface area (Å²) in [5, 5.41) is 0. The second-order valence-electron chi connectivity index (χ2n) is 19.5. The van der Waals surface area contributed by atoms with Crippen LogP contribution >= 0.6 is 0 Å². The Bertz CT molecular complexity index is 2860. The number of nitrogens with zero attached hydrogens (tertiary/aromatic N) is 2. The first-order valence-electron chi connectivity index (χ1n) is 23.4. The minimum Gasteiger partial charge on any atom is -0.489 e. The summed E-state index contributed by atoms with van der Waals surface area (Å²) < 4.78 is 13.1. The van der Waals surface area contributed by atoms with E-state index in [4.69, 9.17) is 9.47 Å². The molecule has 2 heterocycles. The Balaban J connectivity index is 1.04. The van der Waals surface area contributed by atoms with E-state index >= 15 is 0 Å². The number of para-hydroxylation sites is 1. The molecule has 0 saturated heterocycles. The Labute approximate surface area is 373 Å². The molecular formula is C59H56N2O2. The Kier molecular flexibility index (Phi) is 8.94. The molecule has 2 bridgehead atoms. The van der Waals surface area contributed by atoms with Crippen LogP contribution in [-0.4, -0.2) is 17.7 Å². The van der Waals surface area contributed by atoms with Gasteiger partial charge in [-0.1, -0.05) is 115 Å². The molecule has 4 heteroatoms. The highest BCUT2D eigenvalue weighted by atomic mass is 16.5. The van der Waals surface area contributed by atoms with E-state index in [1.807, 2.05) is 0 Å². The van der Waals surface area contributed by atoms with E-state index in [9.17, 15) is 0 Å². The van der Waals surface area contributed by atoms with Crippen molar-refractivity contribution in [3.63, 3.8) is 0 Å². The molecule has 0 amide bonds. The highest BCUT2D eigenvalue weighted by molar-refractivity contribution is 5.93. The molecule has 0 saturated carbocycles. The molecule has 0 spiro atoms. The van der Waals surface area contributed by atoms with Crippen LogP contribution in [0.4, 0.5) is 17.1 Å². The fourth-order valence-corrected chi connectivity index (χ4v) is 12.6. The van der Waals surface area contributed by atoms with Crippen molar-refractivity contribution in [3.05, 3.63) is 208 Å². The Morgan fingerprint density at radius 1 is 0.698 bits per heavy atom. The lowest BCUT2D eigenvalue weighted by Gasteiger charge is -2.58. The topological polar surface area (TPSA) is 24.9 Å². The second kappa shape index (κ2) is 14.7. The van der Waals surface area contributed by atoms with Crippen molar-refractivity contribution in [2.45, 2.75) is 102 Å². The lowest BCUT2D eigenvalue weighted by molar-refractivity contribution is 0.202. The maximum Gasteiger partial charge on any atom is 0.136 e. The highest BCUT2D eigenvalue weighted by Gasteiger charge is 2.55. The summed E-state index contributed by atoms with van der Waals surface area (Å²) in [6, 6.07) is 34.2. The number of benzene rings is 4. The fraction of sp³-hybridized carbons (Fsp3) is 0.288. The normalized spacial score (nSPS) is 28.2. The smallest absolute Gasteiger partial charge is 0.136 e. The molecule has 5 unspecified atom stereocenters. The van der Waals surface area contributed by atoms with Gasteiger partial charge in [-0.15, -0.1) is 0 Å². The minimum absolute atomic E-state index is 0.0596. The van der Waals surface area contributed by atoms with Crippen LogP contribution in [0.25, 0.3) is 11.3 Å². The van der Waals surface area contributed by atoms with E-state index in [2.05, 4.69) is 195 Å². The summed E-state index contributed by atoms with van der Waals surface area (Å²) in [6.45, 7) is 9.58. The van der Waals surface area contributed by atoms with E-state index in [1.165, 1.54) is 56.1 Å². The van der Waals surface area contributed by atoms with Crippen molar-refractivity contribution in [2.24, 2.45) is 5.92 Å². The predicted molar refractivity (Wildman–Crippen MR) is 260 cm³/mol. The molecule has 0 radical (unpaired) electrons. The van der Waals surface area contributed by atoms with E-state index in [1.54, 1.807) is 5.57 Å². The minimum atomic E-state index is -0.336. The molecule has 4 aromatic carbocycles. The van der Waals surface area contributed by atoms with Gasteiger partial charge >= 0.3 is 0 Å². The Morgan fingerprint density at radius 2 is 1.52 bits per heavy atom. The molecule has 8 aliphatic rings. The standard InChI is InChI=1S/C59H56N2O2/c1-38-23-27-45-33-40(31-38)48-34-43(25-29-55(48)62-45)60(41-15-7-5-8-16-41)54-36-53-46-19-11-14-22-52(46)59(4,37-58(53,3)51-21-13-12-20-47(51)54)61(42-17-9-6-10-18-42)44-26-30-57-50(35-44)49-32-39(2)24-28-56(49)63-57/h5,7-9,12-18,20-23,25-27,29-36,45,49,53,56H,6,10-11,19,24,28,37H2,1-4H3/t45?,49-,53?,56?,58?,59?/m0/s1. The molecule has 4 aromatic rings. The first-order valence-corrected chi connectivity index (χ1v) is 23.4. The number of rotatable bonds is 6. The van der Waals surface area contributed by atoms with Gasteiger partial charge in [0.25, 0.3) is 0 Å². The lowest BCUT2D eigenvalue weighted by Crippen LogP contribution is -2.57. The summed E-state index contributed by atoms with van der Waals surface area (Å²) in [7, 11) is 0. The Morgan fingerprint density at radius 3 is 2.40 bits per heavy atom. The van der Waals surface area contributed by atoms with Crippen molar-refractivity contribution in [3.8, 4) is 11.5 Å². The van der Waals surface area contributed by atoms with Crippen LogP contribution in [0.2, 0.25) is 0 Å². The van der Waals surface area contributed by atoms with Gasteiger partial charge in [-0.3, -0.25) is 0 Å². The number of fused-ring (bicyclic) bond motifs is 10. The van der Waals surface area contributed by atoms with Gasteiger partial charge in [0.1, 0.15) is 23.7 Å². The van der Waals surface area contributed by atoms with Gasteiger partial charge in [0.15, 0.2) is 0 Å². The van der Waals surface area contributed by atoms with Crippen LogP contribution in [0, 0.1) is 5.92 Å². The third kappa shape index (κ3) is 6.15. The average molecular weight is 825 g/mol. The van der Waals surface area contributed by atoms with Gasteiger partial charge in [0.05, 0.1) is 11.2 Å². The second-order valence-corrected chi connectivity index (χ2v) is 19.5. The van der Waals surface area contributed by atoms with Crippen molar-refractivity contribution < 1.29 is 9.47 Å². The van der Waals surface area contributed by atoms with Crippen LogP contribution in [0.15, 0.2) is 186 Å². The van der Waals surface area contributed by atoms with Crippen molar-refractivity contribution >= 4 is 28.3 Å². The van der Waals surface area contributed by atoms with Gasteiger partial charge in [-0.05, 0) is 149 Å². The SMILES string of the molecule is CC1=CC2=CC(C=C1)Oc1ccc(N(C3=CC4C5=C(C=CCC5)C(C)(N(C5=CCCC=C5)c5ccc6c(c5)[C@@H]5C=C(C)CCC5O6)CC4(C)c4ccccc43)c3ccccc3)cc12. The van der Waals surface area contributed by atoms with Gasteiger partial charge in [-0.25, -0.2) is 0 Å². The molecule has 6 atom stereocenters. The predicted octanol–water partition coefficient (Wildman–Crippen LogP) is 14.5. The van der Waals surface area contributed by atoms with Gasteiger partial charge in [0.2, 0.25) is 0 Å². The first kappa shape index (κ1) is 38.4. The molecular weight excluding hydrogens is 769 g/mol. The maximum atomic E-state index is 6.63. The highest BCUT2D eigenvalue weighted by Crippen LogP contribution is 2.61. The summed E-state index contributed by atoms with van der Waals surface area (Å²) in [5.41, 5.74) is 17.7. The van der Waals surface area contributed by atoms with Crippen molar-refractivity contribution in [1.82, 2.24) is 0 Å². The molecule has 63 heavy (non-hydrogen) atoms. The van der Waals surface area contributed by atoms with Gasteiger partial charge < -0.3 is 19.3 Å². The van der Waals surface area contributed by atoms with Crippen LogP contribution < -0.4 is 19.3 Å². The van der Waals surface area contributed by atoms with Crippen LogP contribution in [0.5, 0.6) is 11.5 Å². The van der Waals surface area contributed by atoms with Crippen molar-refractivity contribution in [1.29, 1.82) is 0 Å². The average Bonchev–Trinajstić information content (AvgIpc) is 3.58. The zero-order valence-corrected chi connectivity index (χ0v) is 37.0. The first-order chi connectivity index (χ1) is 30.7. The summed E-state index contributed by atoms with van der Waals surface area (Å²) in [4.78, 5) is 5.24. The third-order valence-electron chi connectivity index (χ3n) is 15.3. The van der Waals surface area contributed by atoms with Gasteiger partial charge in [0, 0.05) is 56.7 Å². The number of ether oxygens (including phenoxy) is 2. The molecule has 314 valence electrons. The zero-order chi connectivity index (χ0) is 42.5. The molecule has 0 aromatic heterocycles. The number of hydrogen-bond donors (Lipinski definition) is 0. The third-order valence-corrected chi connectivity index (χ3v) is 15.3. The Hall–Kier alpha value is -6.26. The molecule has 6 aliphatic carbocycles. The lowest BCUT2D eigenvalue weighted by atomic mass is 9.52.